The highest BCUT2D eigenvalue weighted by Gasteiger charge is 2.43. The monoisotopic (exact) mass is 1240 g/mol. The van der Waals surface area contributed by atoms with Gasteiger partial charge in [-0.1, -0.05) is 24.3 Å². The molecule has 3 aliphatic carbocycles. The number of benzene rings is 4. The second kappa shape index (κ2) is 19.3. The molecule has 1 N–H and O–H groups in total. The topological polar surface area (TPSA) is 315 Å². The summed E-state index contributed by atoms with van der Waals surface area (Å²) in [7, 11) is 0. The maximum Gasteiger partial charge on any atom is 0.214 e. The molecular formula is C67H28N12O5S5. The number of Topliss-reactive ketones (excluding diaryl/α,β-unsaturated/α-hetero) is 1. The van der Waals surface area contributed by atoms with Gasteiger partial charge in [0.05, 0.1) is 53.5 Å². The van der Waals surface area contributed by atoms with Crippen molar-refractivity contribution in [1.82, 2.24) is 18.7 Å². The van der Waals surface area contributed by atoms with E-state index in [1.54, 1.807) is 30.4 Å². The molecule has 0 radical (unpaired) electrons. The van der Waals surface area contributed by atoms with Crippen LogP contribution in [0.15, 0.2) is 95.1 Å². The van der Waals surface area contributed by atoms with E-state index >= 15 is 0 Å². The van der Waals surface area contributed by atoms with Crippen LogP contribution in [0.4, 0.5) is 0 Å². The molecule has 0 bridgehead atoms. The number of aromatic nitrogens is 4. The van der Waals surface area contributed by atoms with Crippen molar-refractivity contribution < 1.29 is 24.2 Å². The second-order valence-corrected chi connectivity index (χ2v) is 26.8. The van der Waals surface area contributed by atoms with Crippen molar-refractivity contribution in [1.29, 1.82) is 42.1 Å². The van der Waals surface area contributed by atoms with Crippen LogP contribution in [0.3, 0.4) is 0 Å². The summed E-state index contributed by atoms with van der Waals surface area (Å²) in [6, 6.07) is 36.2. The van der Waals surface area contributed by atoms with E-state index < -0.39 is 23.1 Å². The predicted octanol–water partition coefficient (Wildman–Crippen LogP) is 14.5. The summed E-state index contributed by atoms with van der Waals surface area (Å²) in [6.45, 7) is 7.81. The molecule has 6 aromatic heterocycles. The minimum absolute atomic E-state index is 0.000444. The Bertz CT molecular complexity index is 5610. The Kier molecular flexibility index (Phi) is 11.8. The molecule has 0 saturated carbocycles. The summed E-state index contributed by atoms with van der Waals surface area (Å²) >= 11 is 6.69. The smallest absolute Gasteiger partial charge is 0.214 e. The second-order valence-electron chi connectivity index (χ2n) is 22.0. The number of ether oxygens (including phenoxy) is 2. The SMILES string of the molecule is CC1(C)Oc2cc(/C=C3/C(=C(C#N)C#N)c4cc(C#N)c(C#N)cc4C3O)sc2-c2sc(-c3c4nsnc4c(-c4cc5c(s4)-c4sc(/C=C6\C(=O)c7cc(C#N)c(C#N)cc7C6=C(C#N)C#N)cc4OC5(C)C)c4nc5c(nc34)C(=O)c3ccccc3-5)cc21. The number of aliphatic hydroxyl groups is 1. The van der Waals surface area contributed by atoms with E-state index in [2.05, 4.69) is 6.07 Å². The largest absolute Gasteiger partial charge is 0.482 e. The lowest BCUT2D eigenvalue weighted by molar-refractivity contribution is 0.103. The lowest BCUT2D eigenvalue weighted by atomic mass is 9.93. The van der Waals surface area contributed by atoms with Gasteiger partial charge in [-0.15, -0.1) is 45.3 Å². The standard InChI is InChI=1S/C67H28N12O5S5/c1-66(2)43-17-47(87-62(43)64-45(83-66)15-33(85-64)13-41-49(31(23-72)24-73)37-9-27(19-68)29(21-70)11-39(37)59(41)80)51-54-55(77-58-53(76-54)35-7-5-6-8-36(35)61(58)82)52(57-56(51)78-89-79-57)48-18-44-63(88-48)65-46(84-67(44,3)4)16-34(86-65)14-42-50(32(25-74)26-75)38-10-28(20-69)30(22-71)12-40(38)60(42)81/h5-18,60,81H,1-4H3/b41-13-,42-14-. The molecule has 2 aliphatic heterocycles. The zero-order valence-electron chi connectivity index (χ0n) is 46.1. The summed E-state index contributed by atoms with van der Waals surface area (Å²) in [5.74, 6) is 0.289. The van der Waals surface area contributed by atoms with Crippen molar-refractivity contribution in [3.8, 4) is 112 Å². The summed E-state index contributed by atoms with van der Waals surface area (Å²) in [5.41, 5.74) is 5.63. The third kappa shape index (κ3) is 7.68. The van der Waals surface area contributed by atoms with Gasteiger partial charge in [-0.05, 0) is 111 Å². The molecule has 10 aromatic rings. The Morgan fingerprint density at radius 3 is 1.55 bits per heavy atom. The molecule has 0 saturated heterocycles. The average Bonchev–Trinajstić information content (AvgIpc) is 1.65. The van der Waals surface area contributed by atoms with Gasteiger partial charge in [-0.2, -0.15) is 50.8 Å². The van der Waals surface area contributed by atoms with Gasteiger partial charge >= 0.3 is 0 Å². The van der Waals surface area contributed by atoms with E-state index in [4.69, 9.17) is 28.2 Å². The Morgan fingerprint density at radius 1 is 0.528 bits per heavy atom. The number of ketones is 2. The van der Waals surface area contributed by atoms with E-state index in [-0.39, 0.29) is 83.9 Å². The fraction of sp³-hybridized carbons (Fsp3) is 0.104. The van der Waals surface area contributed by atoms with Gasteiger partial charge in [-0.25, -0.2) is 9.97 Å². The zero-order valence-corrected chi connectivity index (χ0v) is 50.2. The number of carbonyl (C=O) groups excluding carboxylic acids is 2. The van der Waals surface area contributed by atoms with Crippen molar-refractivity contribution in [2.75, 3.05) is 0 Å². The van der Waals surface area contributed by atoms with Gasteiger partial charge in [-0.3, -0.25) is 9.59 Å². The number of fused-ring (bicyclic) bond motifs is 13. The van der Waals surface area contributed by atoms with Crippen LogP contribution in [0.1, 0.15) is 120 Å². The van der Waals surface area contributed by atoms with Gasteiger partial charge in [0.15, 0.2) is 5.78 Å². The number of hydrogen-bond donors (Lipinski definition) is 1. The molecule has 416 valence electrons. The molecule has 22 heteroatoms. The molecule has 0 fully saturated rings. The van der Waals surface area contributed by atoms with E-state index in [1.807, 2.05) is 101 Å². The minimum atomic E-state index is -1.34. The summed E-state index contributed by atoms with van der Waals surface area (Å²) in [6.07, 6.45) is 1.96. The summed E-state index contributed by atoms with van der Waals surface area (Å²) in [4.78, 5) is 45.3. The van der Waals surface area contributed by atoms with Gasteiger partial charge in [0.25, 0.3) is 0 Å². The van der Waals surface area contributed by atoms with E-state index in [0.717, 1.165) is 52.1 Å². The van der Waals surface area contributed by atoms with Crippen molar-refractivity contribution >= 4 is 114 Å². The van der Waals surface area contributed by atoms with Crippen LogP contribution in [0.5, 0.6) is 11.5 Å². The minimum Gasteiger partial charge on any atom is -0.482 e. The molecular weight excluding hydrogens is 1210 g/mol. The molecule has 1 atom stereocenters. The Labute approximate surface area is 523 Å². The normalized spacial score (nSPS) is 16.3. The average molecular weight is 1240 g/mol. The van der Waals surface area contributed by atoms with Crippen LogP contribution in [0.2, 0.25) is 0 Å². The van der Waals surface area contributed by atoms with Crippen LogP contribution < -0.4 is 9.47 Å². The number of carbonyl (C=O) groups is 2. The first kappa shape index (κ1) is 54.3. The molecule has 5 aliphatic rings. The summed E-state index contributed by atoms with van der Waals surface area (Å²) < 4.78 is 23.6. The molecule has 0 spiro atoms. The first-order valence-corrected chi connectivity index (χ1v) is 30.8. The van der Waals surface area contributed by atoms with Crippen LogP contribution in [-0.2, 0) is 11.2 Å². The number of nitriles is 8. The van der Waals surface area contributed by atoms with E-state index in [1.165, 1.54) is 69.6 Å². The number of rotatable bonds is 4. The van der Waals surface area contributed by atoms with Crippen molar-refractivity contribution in [2.24, 2.45) is 0 Å². The number of hydrogen-bond acceptors (Lipinski definition) is 22. The number of aliphatic hydroxyl groups excluding tert-OH is 1. The fourth-order valence-electron chi connectivity index (χ4n) is 12.4. The van der Waals surface area contributed by atoms with Crippen LogP contribution in [0.25, 0.3) is 97.0 Å². The number of nitrogens with zero attached hydrogens (tertiary/aromatic N) is 12. The first-order valence-electron chi connectivity index (χ1n) is 26.8. The fourth-order valence-corrected chi connectivity index (χ4v) is 18.0. The highest BCUT2D eigenvalue weighted by molar-refractivity contribution is 7.25. The maximum absolute atomic E-state index is 14.4. The van der Waals surface area contributed by atoms with Gasteiger partial charge in [0.2, 0.25) is 5.78 Å². The molecule has 1 unspecified atom stereocenters. The predicted molar refractivity (Wildman–Crippen MR) is 333 cm³/mol. The lowest BCUT2D eigenvalue weighted by Gasteiger charge is -2.31. The third-order valence-electron chi connectivity index (χ3n) is 16.3. The maximum atomic E-state index is 14.4. The molecule has 17 nitrogen and oxygen atoms in total. The molecule has 0 amide bonds. The van der Waals surface area contributed by atoms with E-state index in [9.17, 15) is 56.8 Å². The van der Waals surface area contributed by atoms with Crippen LogP contribution in [-0.4, -0.2) is 35.4 Å². The van der Waals surface area contributed by atoms with Crippen molar-refractivity contribution in [3.63, 3.8) is 0 Å². The Hall–Kier alpha value is -11.4. The lowest BCUT2D eigenvalue weighted by Crippen LogP contribution is -2.27. The first-order chi connectivity index (χ1) is 43.0. The molecule has 15 rings (SSSR count). The Morgan fingerprint density at radius 2 is 1.01 bits per heavy atom. The highest BCUT2D eigenvalue weighted by Crippen LogP contribution is 2.60. The molecule has 89 heavy (non-hydrogen) atoms. The highest BCUT2D eigenvalue weighted by atomic mass is 32.1. The van der Waals surface area contributed by atoms with Gasteiger partial charge < -0.3 is 14.6 Å². The number of thiophene rings is 4. The summed E-state index contributed by atoms with van der Waals surface area (Å²) in [5, 5.41) is 91.8. The Balaban J connectivity index is 0.890. The molecule has 4 aromatic carbocycles. The molecule has 8 heterocycles. The van der Waals surface area contributed by atoms with Crippen molar-refractivity contribution in [2.45, 2.75) is 45.0 Å². The van der Waals surface area contributed by atoms with Gasteiger partial charge in [0.1, 0.15) is 122 Å². The van der Waals surface area contributed by atoms with Crippen LogP contribution >= 0.6 is 57.1 Å². The van der Waals surface area contributed by atoms with Crippen molar-refractivity contribution in [3.05, 3.63) is 172 Å². The van der Waals surface area contributed by atoms with Gasteiger partial charge in [0, 0.05) is 75.2 Å². The quantitative estimate of drug-likeness (QED) is 0.126. The zero-order chi connectivity index (χ0) is 61.9. The van der Waals surface area contributed by atoms with E-state index in [0.29, 0.717) is 76.8 Å². The third-order valence-corrected chi connectivity index (χ3v) is 21.6. The van der Waals surface area contributed by atoms with Crippen LogP contribution in [0, 0.1) is 90.6 Å². The number of allylic oxidation sites excluding steroid dienone is 4.